The molecule has 0 aliphatic carbocycles. The number of hydrogen-bond acceptors (Lipinski definition) is 4. The SMILES string of the molecule is C=COC(=O)N1CCC2(CC1)NC(=O)Oc1ccc(Cl)cc12. The first-order valence-electron chi connectivity index (χ1n) is 6.90. The van der Waals surface area contributed by atoms with Crippen LogP contribution in [0, 0.1) is 0 Å². The molecule has 22 heavy (non-hydrogen) atoms. The highest BCUT2D eigenvalue weighted by Gasteiger charge is 2.44. The molecule has 2 amide bonds. The molecular weight excluding hydrogens is 308 g/mol. The largest absolute Gasteiger partial charge is 0.419 e. The molecule has 0 unspecified atom stereocenters. The summed E-state index contributed by atoms with van der Waals surface area (Å²) < 4.78 is 9.98. The van der Waals surface area contributed by atoms with Gasteiger partial charge in [-0.2, -0.15) is 0 Å². The number of likely N-dealkylation sites (tertiary alicyclic amines) is 1. The molecule has 0 saturated carbocycles. The van der Waals surface area contributed by atoms with Crippen molar-refractivity contribution in [2.45, 2.75) is 18.4 Å². The lowest BCUT2D eigenvalue weighted by Gasteiger charge is -2.44. The molecule has 116 valence electrons. The summed E-state index contributed by atoms with van der Waals surface area (Å²) in [4.78, 5) is 25.1. The molecule has 0 aromatic heterocycles. The molecule has 0 atom stereocenters. The average Bonchev–Trinajstić information content (AvgIpc) is 2.49. The van der Waals surface area contributed by atoms with Gasteiger partial charge >= 0.3 is 12.2 Å². The molecular formula is C15H15ClN2O4. The molecule has 1 fully saturated rings. The van der Waals surface area contributed by atoms with Gasteiger partial charge in [0.1, 0.15) is 5.75 Å². The minimum atomic E-state index is -0.569. The van der Waals surface area contributed by atoms with Crippen LogP contribution in [-0.4, -0.2) is 30.2 Å². The minimum Gasteiger partial charge on any atom is -0.419 e. The summed E-state index contributed by atoms with van der Waals surface area (Å²) >= 11 is 6.07. The zero-order chi connectivity index (χ0) is 15.7. The van der Waals surface area contributed by atoms with Crippen molar-refractivity contribution in [2.24, 2.45) is 0 Å². The quantitative estimate of drug-likeness (QED) is 0.807. The van der Waals surface area contributed by atoms with Gasteiger partial charge in [0, 0.05) is 23.7 Å². The van der Waals surface area contributed by atoms with Gasteiger partial charge in [-0.15, -0.1) is 0 Å². The number of nitrogens with one attached hydrogen (secondary N) is 1. The van der Waals surface area contributed by atoms with Crippen molar-refractivity contribution < 1.29 is 19.1 Å². The van der Waals surface area contributed by atoms with Crippen molar-refractivity contribution in [1.29, 1.82) is 0 Å². The average molecular weight is 323 g/mol. The zero-order valence-electron chi connectivity index (χ0n) is 11.8. The van der Waals surface area contributed by atoms with Crippen molar-refractivity contribution in [1.82, 2.24) is 10.2 Å². The summed E-state index contributed by atoms with van der Waals surface area (Å²) in [6, 6.07) is 5.17. The standard InChI is InChI=1S/C15H15ClN2O4/c1-2-21-14(20)18-7-5-15(6-8-18)11-9-10(16)3-4-12(11)22-13(19)17-15/h2-4,9H,1,5-8H2,(H,17,19). The van der Waals surface area contributed by atoms with Gasteiger partial charge in [-0.1, -0.05) is 18.2 Å². The Morgan fingerprint density at radius 1 is 1.45 bits per heavy atom. The molecule has 3 rings (SSSR count). The Morgan fingerprint density at radius 3 is 2.86 bits per heavy atom. The summed E-state index contributed by atoms with van der Waals surface area (Å²) in [6.45, 7) is 4.28. The third-order valence-electron chi connectivity index (χ3n) is 4.06. The third-order valence-corrected chi connectivity index (χ3v) is 4.30. The molecule has 2 aliphatic heterocycles. The predicted octanol–water partition coefficient (Wildman–Crippen LogP) is 3.01. The van der Waals surface area contributed by atoms with Crippen LogP contribution in [0.3, 0.4) is 0 Å². The van der Waals surface area contributed by atoms with E-state index in [0.717, 1.165) is 11.8 Å². The fourth-order valence-corrected chi connectivity index (χ4v) is 3.14. The lowest BCUT2D eigenvalue weighted by Crippen LogP contribution is -2.56. The van der Waals surface area contributed by atoms with Crippen LogP contribution in [0.1, 0.15) is 18.4 Å². The van der Waals surface area contributed by atoms with Crippen LogP contribution >= 0.6 is 11.6 Å². The number of fused-ring (bicyclic) bond motifs is 2. The third kappa shape index (κ3) is 2.50. The first-order valence-corrected chi connectivity index (χ1v) is 7.28. The minimum absolute atomic E-state index is 0.436. The van der Waals surface area contributed by atoms with Crippen molar-refractivity contribution in [3.63, 3.8) is 0 Å². The second-order valence-electron chi connectivity index (χ2n) is 5.27. The van der Waals surface area contributed by atoms with Gasteiger partial charge in [0.25, 0.3) is 0 Å². The second-order valence-corrected chi connectivity index (χ2v) is 5.71. The maximum atomic E-state index is 11.8. The smallest absolute Gasteiger partial charge is 0.414 e. The maximum absolute atomic E-state index is 11.8. The van der Waals surface area contributed by atoms with E-state index in [-0.39, 0.29) is 0 Å². The molecule has 7 heteroatoms. The molecule has 2 heterocycles. The summed E-state index contributed by atoms with van der Waals surface area (Å²) in [5.74, 6) is 0.510. The van der Waals surface area contributed by atoms with Crippen LogP contribution in [-0.2, 0) is 10.3 Å². The number of benzene rings is 1. The van der Waals surface area contributed by atoms with Crippen molar-refractivity contribution in [3.8, 4) is 5.75 Å². The van der Waals surface area contributed by atoms with Gasteiger partial charge in [-0.25, -0.2) is 9.59 Å². The fourth-order valence-electron chi connectivity index (χ4n) is 2.96. The Hall–Kier alpha value is -2.21. The molecule has 1 spiro atoms. The van der Waals surface area contributed by atoms with E-state index in [1.165, 1.54) is 0 Å². The molecule has 0 bridgehead atoms. The highest BCUT2D eigenvalue weighted by molar-refractivity contribution is 6.30. The van der Waals surface area contributed by atoms with E-state index in [1.807, 2.05) is 0 Å². The number of amides is 2. The van der Waals surface area contributed by atoms with Gasteiger partial charge in [-0.3, -0.25) is 0 Å². The van der Waals surface area contributed by atoms with Gasteiger partial charge < -0.3 is 19.7 Å². The predicted molar refractivity (Wildman–Crippen MR) is 79.8 cm³/mol. The summed E-state index contributed by atoms with van der Waals surface area (Å²) in [7, 11) is 0. The van der Waals surface area contributed by atoms with Crippen LogP contribution in [0.4, 0.5) is 9.59 Å². The summed E-state index contributed by atoms with van der Waals surface area (Å²) in [5.41, 5.74) is 0.275. The molecule has 2 aliphatic rings. The van der Waals surface area contributed by atoms with Gasteiger partial charge in [-0.05, 0) is 31.0 Å². The number of ether oxygens (including phenoxy) is 2. The molecule has 1 saturated heterocycles. The van der Waals surface area contributed by atoms with Crippen molar-refractivity contribution in [2.75, 3.05) is 13.1 Å². The van der Waals surface area contributed by atoms with E-state index in [1.54, 1.807) is 23.1 Å². The normalized spacial score (nSPS) is 19.0. The van der Waals surface area contributed by atoms with Crippen LogP contribution in [0.15, 0.2) is 31.0 Å². The Morgan fingerprint density at radius 2 is 2.18 bits per heavy atom. The Kier molecular flexibility index (Phi) is 3.70. The molecule has 1 aromatic rings. The number of piperidine rings is 1. The van der Waals surface area contributed by atoms with E-state index in [0.29, 0.717) is 36.7 Å². The molecule has 1 N–H and O–H groups in total. The molecule has 1 aromatic carbocycles. The Bertz CT molecular complexity index is 638. The van der Waals surface area contributed by atoms with Crippen molar-refractivity contribution in [3.05, 3.63) is 41.6 Å². The lowest BCUT2D eigenvalue weighted by atomic mass is 9.80. The number of carbonyl (C=O) groups excluding carboxylic acids is 2. The number of rotatable bonds is 1. The topological polar surface area (TPSA) is 67.9 Å². The zero-order valence-corrected chi connectivity index (χ0v) is 12.6. The lowest BCUT2D eigenvalue weighted by molar-refractivity contribution is 0.0933. The highest BCUT2D eigenvalue weighted by Crippen LogP contribution is 2.42. The van der Waals surface area contributed by atoms with E-state index < -0.39 is 17.7 Å². The number of halogens is 1. The highest BCUT2D eigenvalue weighted by atomic mass is 35.5. The van der Waals surface area contributed by atoms with Crippen molar-refractivity contribution >= 4 is 23.8 Å². The second kappa shape index (κ2) is 5.53. The Labute approximate surface area is 132 Å². The van der Waals surface area contributed by atoms with E-state index in [2.05, 4.69) is 11.9 Å². The maximum Gasteiger partial charge on any atom is 0.414 e. The van der Waals surface area contributed by atoms with E-state index >= 15 is 0 Å². The van der Waals surface area contributed by atoms with Crippen LogP contribution < -0.4 is 10.1 Å². The van der Waals surface area contributed by atoms with Gasteiger partial charge in [0.2, 0.25) is 0 Å². The van der Waals surface area contributed by atoms with Gasteiger partial charge in [0.15, 0.2) is 0 Å². The van der Waals surface area contributed by atoms with Crippen LogP contribution in [0.2, 0.25) is 5.02 Å². The van der Waals surface area contributed by atoms with Crippen LogP contribution in [0.25, 0.3) is 0 Å². The number of nitrogens with zero attached hydrogens (tertiary/aromatic N) is 1. The monoisotopic (exact) mass is 322 g/mol. The van der Waals surface area contributed by atoms with Crippen LogP contribution in [0.5, 0.6) is 5.75 Å². The Balaban J connectivity index is 1.86. The van der Waals surface area contributed by atoms with E-state index in [4.69, 9.17) is 21.1 Å². The summed E-state index contributed by atoms with van der Waals surface area (Å²) in [5, 5.41) is 3.46. The first kappa shape index (κ1) is 14.7. The summed E-state index contributed by atoms with van der Waals surface area (Å²) in [6.07, 6.45) is 1.30. The number of hydrogen-bond donors (Lipinski definition) is 1. The fraction of sp³-hybridized carbons (Fsp3) is 0.333. The van der Waals surface area contributed by atoms with Gasteiger partial charge in [0.05, 0.1) is 11.8 Å². The molecule has 6 nitrogen and oxygen atoms in total. The first-order chi connectivity index (χ1) is 10.5. The van der Waals surface area contributed by atoms with E-state index in [9.17, 15) is 9.59 Å². The molecule has 0 radical (unpaired) electrons. The number of carbonyl (C=O) groups is 2.